The molecule has 0 spiro atoms. The third-order valence-corrected chi connectivity index (χ3v) is 7.19. The molecule has 6 rings (SSSR count). The van der Waals surface area contributed by atoms with E-state index >= 15 is 4.39 Å². The van der Waals surface area contributed by atoms with Gasteiger partial charge in [-0.1, -0.05) is 11.6 Å². The molecule has 1 aliphatic carbocycles. The van der Waals surface area contributed by atoms with Crippen molar-refractivity contribution < 1.29 is 9.13 Å². The van der Waals surface area contributed by atoms with Crippen molar-refractivity contribution in [2.45, 2.75) is 44.9 Å². The van der Waals surface area contributed by atoms with Gasteiger partial charge in [-0.15, -0.1) is 0 Å². The monoisotopic (exact) mass is 508 g/mol. The largest absolute Gasteiger partial charge is 0.367 e. The van der Waals surface area contributed by atoms with E-state index in [4.69, 9.17) is 21.3 Å². The summed E-state index contributed by atoms with van der Waals surface area (Å²) >= 11 is 6.00. The van der Waals surface area contributed by atoms with Gasteiger partial charge in [-0.05, 0) is 51.0 Å². The summed E-state index contributed by atoms with van der Waals surface area (Å²) in [4.78, 5) is 24.8. The van der Waals surface area contributed by atoms with Gasteiger partial charge < -0.3 is 9.64 Å². The van der Waals surface area contributed by atoms with Crippen LogP contribution in [0.2, 0.25) is 5.02 Å². The van der Waals surface area contributed by atoms with Crippen molar-refractivity contribution in [1.29, 1.82) is 0 Å². The summed E-state index contributed by atoms with van der Waals surface area (Å²) < 4.78 is 24.8. The lowest BCUT2D eigenvalue weighted by molar-refractivity contribution is -0.0176. The Morgan fingerprint density at radius 3 is 2.72 bits per heavy atom. The lowest BCUT2D eigenvalue weighted by atomic mass is 10.1. The van der Waals surface area contributed by atoms with Crippen LogP contribution in [0.5, 0.6) is 0 Å². The van der Waals surface area contributed by atoms with E-state index in [1.165, 1.54) is 10.6 Å². The lowest BCUT2D eigenvalue weighted by Crippen LogP contribution is -2.43. The highest BCUT2D eigenvalue weighted by Gasteiger charge is 2.31. The van der Waals surface area contributed by atoms with Gasteiger partial charge in [-0.2, -0.15) is 5.10 Å². The zero-order valence-electron chi connectivity index (χ0n) is 20.3. The standard InChI is InChI=1S/C26H26ClFN6O2/c1-14-11-33(13-22(36-14)16-10-29-34(12-16)18-5-6-18)23-9-20-25(30-15(2)32(3)26(20)35)24(31-23)19-7-4-17(27)8-21(19)28/h4,7-10,12,14,18,22H,5-6,11,13H2,1-3H3/t14-,22-/m0/s1. The summed E-state index contributed by atoms with van der Waals surface area (Å²) in [6, 6.07) is 6.68. The highest BCUT2D eigenvalue weighted by atomic mass is 35.5. The molecule has 4 aromatic rings. The van der Waals surface area contributed by atoms with Crippen molar-refractivity contribution in [2.24, 2.45) is 7.05 Å². The van der Waals surface area contributed by atoms with Crippen molar-refractivity contribution in [2.75, 3.05) is 18.0 Å². The maximum absolute atomic E-state index is 15.1. The number of morpholine rings is 1. The van der Waals surface area contributed by atoms with Gasteiger partial charge in [0.2, 0.25) is 0 Å². The van der Waals surface area contributed by atoms with Crippen molar-refractivity contribution in [3.8, 4) is 11.3 Å². The number of halogens is 2. The maximum atomic E-state index is 15.1. The number of hydrogen-bond acceptors (Lipinski definition) is 6. The molecule has 1 aliphatic heterocycles. The molecule has 36 heavy (non-hydrogen) atoms. The molecule has 2 aliphatic rings. The van der Waals surface area contributed by atoms with Crippen molar-refractivity contribution in [3.63, 3.8) is 0 Å². The molecule has 1 aromatic carbocycles. The minimum Gasteiger partial charge on any atom is -0.367 e. The van der Waals surface area contributed by atoms with Gasteiger partial charge >= 0.3 is 0 Å². The molecule has 0 radical (unpaired) electrons. The van der Waals surface area contributed by atoms with Crippen LogP contribution in [0.25, 0.3) is 22.2 Å². The first-order valence-corrected chi connectivity index (χ1v) is 12.4. The molecular formula is C26H26ClFN6O2. The van der Waals surface area contributed by atoms with E-state index in [-0.39, 0.29) is 28.4 Å². The molecule has 186 valence electrons. The van der Waals surface area contributed by atoms with E-state index in [0.29, 0.717) is 47.4 Å². The second-order valence-electron chi connectivity index (χ2n) is 9.70. The van der Waals surface area contributed by atoms with Gasteiger partial charge in [0.25, 0.3) is 5.56 Å². The summed E-state index contributed by atoms with van der Waals surface area (Å²) in [6.45, 7) is 4.86. The molecule has 0 N–H and O–H groups in total. The summed E-state index contributed by atoms with van der Waals surface area (Å²) in [5, 5.41) is 5.18. The van der Waals surface area contributed by atoms with Gasteiger partial charge in [0, 0.05) is 35.9 Å². The van der Waals surface area contributed by atoms with E-state index < -0.39 is 5.82 Å². The highest BCUT2D eigenvalue weighted by molar-refractivity contribution is 6.30. The van der Waals surface area contributed by atoms with E-state index in [1.807, 2.05) is 17.8 Å². The molecule has 10 heteroatoms. The summed E-state index contributed by atoms with van der Waals surface area (Å²) in [6.07, 6.45) is 5.95. The number of aromatic nitrogens is 5. The molecule has 0 unspecified atom stereocenters. The first-order chi connectivity index (χ1) is 17.3. The van der Waals surface area contributed by atoms with E-state index in [9.17, 15) is 4.79 Å². The quantitative estimate of drug-likeness (QED) is 0.401. The Kier molecular flexibility index (Phi) is 5.57. The number of rotatable bonds is 4. The molecule has 2 atom stereocenters. The number of pyridine rings is 1. The fourth-order valence-electron chi connectivity index (χ4n) is 4.78. The zero-order chi connectivity index (χ0) is 25.1. The van der Waals surface area contributed by atoms with Crippen LogP contribution in [-0.4, -0.2) is 43.5 Å². The number of nitrogens with zero attached hydrogens (tertiary/aromatic N) is 6. The summed E-state index contributed by atoms with van der Waals surface area (Å²) in [5.41, 5.74) is 1.73. The predicted octanol–water partition coefficient (Wildman–Crippen LogP) is 4.59. The number of hydrogen-bond donors (Lipinski definition) is 0. The minimum absolute atomic E-state index is 0.0831. The number of aryl methyl sites for hydroxylation is 1. The van der Waals surface area contributed by atoms with Crippen LogP contribution in [0.3, 0.4) is 0 Å². The fourth-order valence-corrected chi connectivity index (χ4v) is 4.94. The second-order valence-corrected chi connectivity index (χ2v) is 10.1. The maximum Gasteiger partial charge on any atom is 0.261 e. The Bertz CT molecular complexity index is 1550. The van der Waals surface area contributed by atoms with Crippen LogP contribution in [-0.2, 0) is 11.8 Å². The Balaban J connectivity index is 1.47. The zero-order valence-corrected chi connectivity index (χ0v) is 21.0. The topological polar surface area (TPSA) is 78.1 Å². The van der Waals surface area contributed by atoms with Crippen molar-refractivity contribution in [3.05, 3.63) is 69.2 Å². The minimum atomic E-state index is -0.519. The fraction of sp³-hybridized carbons (Fsp3) is 0.385. The summed E-state index contributed by atoms with van der Waals surface area (Å²) in [5.74, 6) is 0.573. The van der Waals surface area contributed by atoms with Gasteiger partial charge in [0.1, 0.15) is 34.8 Å². The lowest BCUT2D eigenvalue weighted by Gasteiger charge is -2.37. The first-order valence-electron chi connectivity index (χ1n) is 12.1. The number of ether oxygens (including phenoxy) is 1. The Hall–Kier alpha value is -3.30. The SMILES string of the molecule is Cc1nc2c(-c3ccc(Cl)cc3F)nc(N3C[C@@H](c4cnn(C5CC5)c4)O[C@@H](C)C3)cc2c(=O)n1C. The predicted molar refractivity (Wildman–Crippen MR) is 136 cm³/mol. The molecule has 0 bridgehead atoms. The van der Waals surface area contributed by atoms with Crippen LogP contribution in [0.15, 0.2) is 41.5 Å². The average Bonchev–Trinajstić information content (AvgIpc) is 3.58. The number of fused-ring (bicyclic) bond motifs is 1. The van der Waals surface area contributed by atoms with Crippen LogP contribution >= 0.6 is 11.6 Å². The van der Waals surface area contributed by atoms with Gasteiger partial charge in [0.15, 0.2) is 0 Å². The van der Waals surface area contributed by atoms with Crippen molar-refractivity contribution in [1.82, 2.24) is 24.3 Å². The molecule has 4 heterocycles. The molecule has 2 fully saturated rings. The molecule has 1 saturated carbocycles. The van der Waals surface area contributed by atoms with Gasteiger partial charge in [-0.25, -0.2) is 14.4 Å². The number of benzene rings is 1. The van der Waals surface area contributed by atoms with E-state index in [1.54, 1.807) is 32.2 Å². The second kappa shape index (κ2) is 8.67. The van der Waals surface area contributed by atoms with Crippen LogP contribution in [0.1, 0.15) is 43.3 Å². The Morgan fingerprint density at radius 1 is 1.17 bits per heavy atom. The van der Waals surface area contributed by atoms with Gasteiger partial charge in [-0.3, -0.25) is 14.0 Å². The van der Waals surface area contributed by atoms with Gasteiger partial charge in [0.05, 0.1) is 30.3 Å². The molecule has 1 saturated heterocycles. The normalized spacial score (nSPS) is 20.3. The smallest absolute Gasteiger partial charge is 0.261 e. The Labute approximate surface area is 212 Å². The molecule has 3 aromatic heterocycles. The first kappa shape index (κ1) is 23.1. The third kappa shape index (κ3) is 4.06. The molecule has 8 nitrogen and oxygen atoms in total. The number of anilines is 1. The van der Waals surface area contributed by atoms with E-state index in [2.05, 4.69) is 21.2 Å². The highest BCUT2D eigenvalue weighted by Crippen LogP contribution is 2.37. The summed E-state index contributed by atoms with van der Waals surface area (Å²) in [7, 11) is 1.68. The third-order valence-electron chi connectivity index (χ3n) is 6.96. The van der Waals surface area contributed by atoms with Crippen LogP contribution < -0.4 is 10.5 Å². The Morgan fingerprint density at radius 2 is 1.97 bits per heavy atom. The van der Waals surface area contributed by atoms with Crippen LogP contribution in [0, 0.1) is 12.7 Å². The average molecular weight is 509 g/mol. The van der Waals surface area contributed by atoms with Crippen molar-refractivity contribution >= 4 is 28.3 Å². The molecule has 0 amide bonds. The van der Waals surface area contributed by atoms with E-state index in [0.717, 1.165) is 18.4 Å². The van der Waals surface area contributed by atoms with Crippen LogP contribution in [0.4, 0.5) is 10.2 Å². The molecular weight excluding hydrogens is 483 g/mol.